The van der Waals surface area contributed by atoms with E-state index in [-0.39, 0.29) is 18.8 Å². The van der Waals surface area contributed by atoms with Crippen LogP contribution in [0.2, 0.25) is 0 Å². The minimum atomic E-state index is -0.708. The molecule has 0 saturated carbocycles. The number of aliphatic hydroxyl groups is 2. The van der Waals surface area contributed by atoms with E-state index < -0.39 is 12.2 Å². The van der Waals surface area contributed by atoms with E-state index in [1.165, 1.54) is 122 Å². The van der Waals surface area contributed by atoms with Crippen molar-refractivity contribution in [2.75, 3.05) is 13.2 Å². The second-order valence-electron chi connectivity index (χ2n) is 10.1. The predicted octanol–water partition coefficient (Wildman–Crippen LogP) is 7.33. The number of rotatable bonds is 23. The van der Waals surface area contributed by atoms with E-state index in [1.54, 1.807) is 0 Å². The first-order valence-corrected chi connectivity index (χ1v) is 14.3. The summed E-state index contributed by atoms with van der Waals surface area (Å²) in [5.41, 5.74) is 0. The van der Waals surface area contributed by atoms with Gasteiger partial charge in [-0.3, -0.25) is 0 Å². The Bertz CT molecular complexity index is 390. The van der Waals surface area contributed by atoms with E-state index >= 15 is 0 Å². The van der Waals surface area contributed by atoms with Gasteiger partial charge in [-0.2, -0.15) is 0 Å². The molecule has 0 aromatic carbocycles. The zero-order chi connectivity index (χ0) is 23.3. The van der Waals surface area contributed by atoms with Gasteiger partial charge in [0.25, 0.3) is 0 Å². The van der Waals surface area contributed by atoms with Gasteiger partial charge in [0.15, 0.2) is 0 Å². The van der Waals surface area contributed by atoms with Gasteiger partial charge in [0.2, 0.25) is 0 Å². The first-order chi connectivity index (χ1) is 15.7. The summed E-state index contributed by atoms with van der Waals surface area (Å²) in [7, 11) is 0. The van der Waals surface area contributed by atoms with Crippen LogP contribution >= 0.6 is 0 Å². The van der Waals surface area contributed by atoms with E-state index in [4.69, 9.17) is 9.47 Å². The smallest absolute Gasteiger partial charge is 0.112 e. The maximum atomic E-state index is 10.1. The normalized spacial score (nSPS) is 23.2. The van der Waals surface area contributed by atoms with Gasteiger partial charge in [0, 0.05) is 6.61 Å². The summed E-state index contributed by atoms with van der Waals surface area (Å²) in [4.78, 5) is 0. The number of unbranched alkanes of at least 4 members (excludes halogenated alkanes) is 19. The summed E-state index contributed by atoms with van der Waals surface area (Å²) in [6.45, 7) is 4.72. The quantitative estimate of drug-likeness (QED) is 0.158. The van der Waals surface area contributed by atoms with Gasteiger partial charge >= 0.3 is 0 Å². The Morgan fingerprint density at radius 1 is 0.625 bits per heavy atom. The van der Waals surface area contributed by atoms with Gasteiger partial charge in [-0.1, -0.05) is 129 Å². The van der Waals surface area contributed by atoms with Gasteiger partial charge in [0.05, 0.1) is 12.7 Å². The molecule has 0 aliphatic carbocycles. The molecule has 0 bridgehead atoms. The minimum absolute atomic E-state index is 0.146. The Morgan fingerprint density at radius 2 is 1.00 bits per heavy atom. The number of hydrogen-bond acceptors (Lipinski definition) is 4. The Balaban J connectivity index is 1.73. The molecule has 192 valence electrons. The molecular weight excluding hydrogens is 400 g/mol. The molecule has 1 fully saturated rings. The van der Waals surface area contributed by atoms with E-state index in [9.17, 15) is 10.2 Å². The van der Waals surface area contributed by atoms with Crippen molar-refractivity contribution in [3.05, 3.63) is 0 Å². The molecule has 4 heteroatoms. The molecule has 32 heavy (non-hydrogen) atoms. The fourth-order valence-electron chi connectivity index (χ4n) is 4.88. The molecule has 0 aromatic rings. The summed E-state index contributed by atoms with van der Waals surface area (Å²) < 4.78 is 11.3. The first-order valence-electron chi connectivity index (χ1n) is 14.3. The summed E-state index contributed by atoms with van der Waals surface area (Å²) in [5.74, 6) is 0. The maximum absolute atomic E-state index is 10.1. The Kier molecular flexibility index (Phi) is 20.0. The average Bonchev–Trinajstić information content (AvgIpc) is 3.07. The molecule has 2 N–H and O–H groups in total. The lowest BCUT2D eigenvalue weighted by atomic mass is 10.0. The molecule has 0 spiro atoms. The third-order valence-corrected chi connectivity index (χ3v) is 7.06. The Hall–Kier alpha value is -0.160. The van der Waals surface area contributed by atoms with Gasteiger partial charge in [-0.15, -0.1) is 0 Å². The molecule has 4 atom stereocenters. The van der Waals surface area contributed by atoms with Crippen LogP contribution in [0, 0.1) is 0 Å². The molecule has 0 radical (unpaired) electrons. The topological polar surface area (TPSA) is 58.9 Å². The third kappa shape index (κ3) is 14.9. The van der Waals surface area contributed by atoms with Crippen molar-refractivity contribution in [2.24, 2.45) is 0 Å². The van der Waals surface area contributed by atoms with Crippen LogP contribution in [0.4, 0.5) is 0 Å². The first kappa shape index (κ1) is 29.9. The zero-order valence-corrected chi connectivity index (χ0v) is 21.6. The maximum Gasteiger partial charge on any atom is 0.112 e. The third-order valence-electron chi connectivity index (χ3n) is 7.06. The zero-order valence-electron chi connectivity index (χ0n) is 21.6. The van der Waals surface area contributed by atoms with E-state index in [0.29, 0.717) is 6.61 Å². The van der Waals surface area contributed by atoms with Gasteiger partial charge in [-0.05, 0) is 13.3 Å². The van der Waals surface area contributed by atoms with E-state index in [0.717, 1.165) is 6.42 Å². The molecule has 1 heterocycles. The molecule has 0 aromatic heterocycles. The SMILES string of the molecule is CCCCCCCCCCCCCCCCCCCCCCOC1C(C)OC(CO)C1O. The second kappa shape index (κ2) is 21.4. The predicted molar refractivity (Wildman–Crippen MR) is 135 cm³/mol. The van der Waals surface area contributed by atoms with Crippen LogP contribution in [0.15, 0.2) is 0 Å². The van der Waals surface area contributed by atoms with Crippen LogP contribution in [0.3, 0.4) is 0 Å². The molecule has 1 aliphatic rings. The monoisotopic (exact) mass is 456 g/mol. The summed E-state index contributed by atoms with van der Waals surface area (Å²) in [6, 6.07) is 0. The van der Waals surface area contributed by atoms with Gasteiger partial charge in [0.1, 0.15) is 18.3 Å². The van der Waals surface area contributed by atoms with Crippen LogP contribution in [0.5, 0.6) is 0 Å². The van der Waals surface area contributed by atoms with Crippen LogP contribution < -0.4 is 0 Å². The highest BCUT2D eigenvalue weighted by atomic mass is 16.6. The molecule has 0 amide bonds. The Morgan fingerprint density at radius 3 is 1.34 bits per heavy atom. The van der Waals surface area contributed by atoms with E-state index in [2.05, 4.69) is 6.92 Å². The van der Waals surface area contributed by atoms with Crippen molar-refractivity contribution < 1.29 is 19.7 Å². The number of ether oxygens (including phenoxy) is 2. The van der Waals surface area contributed by atoms with Crippen LogP contribution in [-0.4, -0.2) is 47.8 Å². The van der Waals surface area contributed by atoms with Gasteiger partial charge < -0.3 is 19.7 Å². The summed E-state index contributed by atoms with van der Waals surface area (Å²) >= 11 is 0. The standard InChI is InChI=1S/C28H56O4/c1-3-4-5-6-7-8-9-10-11-12-13-14-15-16-17-18-19-20-21-22-23-31-28-25(2)32-26(24-29)27(28)30/h25-30H,3-24H2,1-2H3. The fourth-order valence-corrected chi connectivity index (χ4v) is 4.88. The van der Waals surface area contributed by atoms with Crippen LogP contribution in [0.25, 0.3) is 0 Å². The largest absolute Gasteiger partial charge is 0.394 e. The molecule has 4 nitrogen and oxygen atoms in total. The van der Waals surface area contributed by atoms with Crippen molar-refractivity contribution >= 4 is 0 Å². The summed E-state index contributed by atoms with van der Waals surface area (Å²) in [6.07, 6.45) is 26.0. The van der Waals surface area contributed by atoms with Crippen LogP contribution in [0.1, 0.15) is 142 Å². The van der Waals surface area contributed by atoms with Crippen molar-refractivity contribution in [3.63, 3.8) is 0 Å². The van der Waals surface area contributed by atoms with Crippen molar-refractivity contribution in [1.82, 2.24) is 0 Å². The van der Waals surface area contributed by atoms with Crippen molar-refractivity contribution in [3.8, 4) is 0 Å². The molecule has 1 rings (SSSR count). The lowest BCUT2D eigenvalue weighted by Gasteiger charge is -2.18. The molecule has 1 aliphatic heterocycles. The number of hydrogen-bond donors (Lipinski definition) is 2. The fraction of sp³-hybridized carbons (Fsp3) is 1.00. The summed E-state index contributed by atoms with van der Waals surface area (Å²) in [5, 5.41) is 19.3. The second-order valence-corrected chi connectivity index (χ2v) is 10.1. The highest BCUT2D eigenvalue weighted by molar-refractivity contribution is 4.89. The Labute approximate surface area is 199 Å². The molecule has 4 unspecified atom stereocenters. The minimum Gasteiger partial charge on any atom is -0.394 e. The lowest BCUT2D eigenvalue weighted by molar-refractivity contribution is -0.0339. The van der Waals surface area contributed by atoms with Crippen LogP contribution in [-0.2, 0) is 9.47 Å². The molecular formula is C28H56O4. The van der Waals surface area contributed by atoms with Crippen molar-refractivity contribution in [2.45, 2.75) is 167 Å². The number of aliphatic hydroxyl groups excluding tert-OH is 2. The van der Waals surface area contributed by atoms with Gasteiger partial charge in [-0.25, -0.2) is 0 Å². The van der Waals surface area contributed by atoms with E-state index in [1.807, 2.05) is 6.92 Å². The highest BCUT2D eigenvalue weighted by Gasteiger charge is 2.41. The van der Waals surface area contributed by atoms with Crippen molar-refractivity contribution in [1.29, 1.82) is 0 Å². The average molecular weight is 457 g/mol. The highest BCUT2D eigenvalue weighted by Crippen LogP contribution is 2.24. The molecule has 1 saturated heterocycles. The lowest BCUT2D eigenvalue weighted by Crippen LogP contribution is -2.35.